The predicted octanol–water partition coefficient (Wildman–Crippen LogP) is 3.57. The highest BCUT2D eigenvalue weighted by atomic mass is 16.5. The van der Waals surface area contributed by atoms with Crippen LogP contribution in [0.5, 0.6) is 5.75 Å². The van der Waals surface area contributed by atoms with E-state index in [4.69, 9.17) is 9.15 Å². The van der Waals surface area contributed by atoms with E-state index in [-0.39, 0.29) is 0 Å². The van der Waals surface area contributed by atoms with Crippen molar-refractivity contribution in [1.29, 1.82) is 0 Å². The van der Waals surface area contributed by atoms with Crippen molar-refractivity contribution in [2.24, 2.45) is 0 Å². The Hall–Kier alpha value is -1.74. The van der Waals surface area contributed by atoms with Crippen molar-refractivity contribution in [1.82, 2.24) is 5.32 Å². The summed E-state index contributed by atoms with van der Waals surface area (Å²) in [6, 6.07) is 12.8. The number of nitrogens with one attached hydrogen (secondary N) is 1. The second-order valence-corrected chi connectivity index (χ2v) is 4.85. The average molecular weight is 259 g/mol. The SMILES string of the molecule is COc1ccc([C@H](C)NC(C)Cc2ccco2)cc1. The molecule has 0 bridgehead atoms. The minimum absolute atomic E-state index is 0.302. The molecule has 0 fully saturated rings. The van der Waals surface area contributed by atoms with Gasteiger partial charge in [-0.3, -0.25) is 0 Å². The van der Waals surface area contributed by atoms with Crippen LogP contribution < -0.4 is 10.1 Å². The Balaban J connectivity index is 1.90. The molecular weight excluding hydrogens is 238 g/mol. The van der Waals surface area contributed by atoms with Gasteiger partial charge in [-0.15, -0.1) is 0 Å². The predicted molar refractivity (Wildman–Crippen MR) is 76.4 cm³/mol. The second-order valence-electron chi connectivity index (χ2n) is 4.85. The van der Waals surface area contributed by atoms with Crippen LogP contribution in [-0.4, -0.2) is 13.2 Å². The van der Waals surface area contributed by atoms with Gasteiger partial charge in [-0.2, -0.15) is 0 Å². The van der Waals surface area contributed by atoms with Crippen LogP contribution in [0, 0.1) is 0 Å². The minimum Gasteiger partial charge on any atom is -0.497 e. The van der Waals surface area contributed by atoms with Crippen LogP contribution in [0.25, 0.3) is 0 Å². The third-order valence-electron chi connectivity index (χ3n) is 3.24. The first-order chi connectivity index (χ1) is 9.19. The van der Waals surface area contributed by atoms with Crippen molar-refractivity contribution in [3.05, 3.63) is 54.0 Å². The summed E-state index contributed by atoms with van der Waals surface area (Å²) in [6.07, 6.45) is 2.61. The lowest BCUT2D eigenvalue weighted by Gasteiger charge is -2.20. The van der Waals surface area contributed by atoms with Gasteiger partial charge in [-0.1, -0.05) is 12.1 Å². The third-order valence-corrected chi connectivity index (χ3v) is 3.24. The molecular formula is C16H21NO2. The van der Waals surface area contributed by atoms with Crippen LogP contribution in [-0.2, 0) is 6.42 Å². The molecule has 1 aromatic heterocycles. The molecule has 0 radical (unpaired) electrons. The molecule has 2 rings (SSSR count). The summed E-state index contributed by atoms with van der Waals surface area (Å²) in [5.41, 5.74) is 1.26. The molecule has 0 spiro atoms. The molecule has 1 aromatic carbocycles. The van der Waals surface area contributed by atoms with Gasteiger partial charge in [0.15, 0.2) is 0 Å². The second kappa shape index (κ2) is 6.43. The number of benzene rings is 1. The Labute approximate surface area is 114 Å². The van der Waals surface area contributed by atoms with Crippen molar-refractivity contribution in [3.8, 4) is 5.75 Å². The number of ether oxygens (including phenoxy) is 1. The van der Waals surface area contributed by atoms with Gasteiger partial charge in [0.2, 0.25) is 0 Å². The first-order valence-corrected chi connectivity index (χ1v) is 6.61. The topological polar surface area (TPSA) is 34.4 Å². The zero-order valence-corrected chi connectivity index (χ0v) is 11.7. The van der Waals surface area contributed by atoms with Gasteiger partial charge in [0.25, 0.3) is 0 Å². The lowest BCUT2D eigenvalue weighted by molar-refractivity contribution is 0.413. The van der Waals surface area contributed by atoms with Gasteiger partial charge in [-0.05, 0) is 43.7 Å². The summed E-state index contributed by atoms with van der Waals surface area (Å²) >= 11 is 0. The van der Waals surface area contributed by atoms with Gasteiger partial charge < -0.3 is 14.5 Å². The summed E-state index contributed by atoms with van der Waals surface area (Å²) in [5, 5.41) is 3.57. The molecule has 3 heteroatoms. The van der Waals surface area contributed by atoms with Crippen LogP contribution in [0.1, 0.15) is 31.2 Å². The van der Waals surface area contributed by atoms with Crippen molar-refractivity contribution in [2.75, 3.05) is 7.11 Å². The number of methoxy groups -OCH3 is 1. The Morgan fingerprint density at radius 3 is 2.47 bits per heavy atom. The largest absolute Gasteiger partial charge is 0.497 e. The van der Waals surface area contributed by atoms with E-state index in [9.17, 15) is 0 Å². The lowest BCUT2D eigenvalue weighted by Crippen LogP contribution is -2.30. The van der Waals surface area contributed by atoms with Gasteiger partial charge in [0, 0.05) is 18.5 Å². The fourth-order valence-corrected chi connectivity index (χ4v) is 2.21. The molecule has 0 saturated carbocycles. The van der Waals surface area contributed by atoms with E-state index in [2.05, 4.69) is 31.3 Å². The molecule has 1 N–H and O–H groups in total. The number of hydrogen-bond acceptors (Lipinski definition) is 3. The van der Waals surface area contributed by atoms with E-state index in [0.717, 1.165) is 17.9 Å². The van der Waals surface area contributed by atoms with Crippen LogP contribution in [0.2, 0.25) is 0 Å². The molecule has 0 aliphatic carbocycles. The fourth-order valence-electron chi connectivity index (χ4n) is 2.21. The first kappa shape index (κ1) is 13.7. The highest BCUT2D eigenvalue weighted by Gasteiger charge is 2.11. The van der Waals surface area contributed by atoms with Crippen molar-refractivity contribution in [3.63, 3.8) is 0 Å². The van der Waals surface area contributed by atoms with Crippen molar-refractivity contribution < 1.29 is 9.15 Å². The van der Waals surface area contributed by atoms with Crippen LogP contribution >= 0.6 is 0 Å². The van der Waals surface area contributed by atoms with E-state index in [1.165, 1.54) is 5.56 Å². The van der Waals surface area contributed by atoms with Crippen molar-refractivity contribution >= 4 is 0 Å². The zero-order chi connectivity index (χ0) is 13.7. The van der Waals surface area contributed by atoms with Gasteiger partial charge in [0.05, 0.1) is 13.4 Å². The van der Waals surface area contributed by atoms with E-state index < -0.39 is 0 Å². The molecule has 102 valence electrons. The third kappa shape index (κ3) is 3.86. The highest BCUT2D eigenvalue weighted by Crippen LogP contribution is 2.18. The molecule has 19 heavy (non-hydrogen) atoms. The summed E-state index contributed by atoms with van der Waals surface area (Å²) in [6.45, 7) is 4.34. The minimum atomic E-state index is 0.302. The molecule has 0 amide bonds. The highest BCUT2D eigenvalue weighted by molar-refractivity contribution is 5.28. The van der Waals surface area contributed by atoms with Crippen LogP contribution in [0.15, 0.2) is 47.1 Å². The molecule has 3 nitrogen and oxygen atoms in total. The quantitative estimate of drug-likeness (QED) is 0.861. The van der Waals surface area contributed by atoms with Gasteiger partial charge >= 0.3 is 0 Å². The monoisotopic (exact) mass is 259 g/mol. The number of furan rings is 1. The molecule has 2 atom stereocenters. The number of hydrogen-bond donors (Lipinski definition) is 1. The summed E-state index contributed by atoms with van der Waals surface area (Å²) < 4.78 is 10.5. The average Bonchev–Trinajstić information content (AvgIpc) is 2.91. The van der Waals surface area contributed by atoms with Crippen molar-refractivity contribution in [2.45, 2.75) is 32.4 Å². The molecule has 0 aliphatic heterocycles. The molecule has 1 unspecified atom stereocenters. The van der Waals surface area contributed by atoms with Crippen LogP contribution in [0.3, 0.4) is 0 Å². The summed E-state index contributed by atoms with van der Waals surface area (Å²) in [7, 11) is 1.68. The normalized spacial score (nSPS) is 14.1. The smallest absolute Gasteiger partial charge is 0.118 e. The Bertz CT molecular complexity index is 476. The van der Waals surface area contributed by atoms with E-state index >= 15 is 0 Å². The molecule has 0 aliphatic rings. The van der Waals surface area contributed by atoms with E-state index in [0.29, 0.717) is 12.1 Å². The van der Waals surface area contributed by atoms with Gasteiger partial charge in [-0.25, -0.2) is 0 Å². The van der Waals surface area contributed by atoms with Crippen LogP contribution in [0.4, 0.5) is 0 Å². The maximum Gasteiger partial charge on any atom is 0.118 e. The Morgan fingerprint density at radius 2 is 1.89 bits per heavy atom. The number of rotatable bonds is 6. The molecule has 1 heterocycles. The van der Waals surface area contributed by atoms with E-state index in [1.807, 2.05) is 24.3 Å². The summed E-state index contributed by atoms with van der Waals surface area (Å²) in [5.74, 6) is 1.90. The van der Waals surface area contributed by atoms with Gasteiger partial charge in [0.1, 0.15) is 11.5 Å². The maximum absolute atomic E-state index is 5.37. The Kier molecular flexibility index (Phi) is 4.63. The standard InChI is InChI=1S/C16H21NO2/c1-12(11-16-5-4-10-19-16)17-13(2)14-6-8-15(18-3)9-7-14/h4-10,12-13,17H,11H2,1-3H3/t12?,13-/m0/s1. The lowest BCUT2D eigenvalue weighted by atomic mass is 10.1. The van der Waals surface area contributed by atoms with E-state index in [1.54, 1.807) is 13.4 Å². The fraction of sp³-hybridized carbons (Fsp3) is 0.375. The maximum atomic E-state index is 5.37. The molecule has 0 saturated heterocycles. The molecule has 2 aromatic rings. The Morgan fingerprint density at radius 1 is 1.16 bits per heavy atom. The zero-order valence-electron chi connectivity index (χ0n) is 11.7. The first-order valence-electron chi connectivity index (χ1n) is 6.61. The summed E-state index contributed by atoms with van der Waals surface area (Å²) in [4.78, 5) is 0.